The number of carboxylic acid groups (broad SMARTS) is 1. The number of aliphatic carboxylic acids is 1. The molecule has 18 nitrogen and oxygen atoms in total. The van der Waals surface area contributed by atoms with Crippen LogP contribution in [-0.4, -0.2) is 108 Å². The van der Waals surface area contributed by atoms with Crippen LogP contribution < -0.4 is 27.8 Å². The van der Waals surface area contributed by atoms with Gasteiger partial charge in [0.1, 0.15) is 12.6 Å². The molecule has 0 aliphatic rings. The third-order valence-corrected chi connectivity index (χ3v) is 15.2. The number of nitrogens with two attached hydrogens (primary N) is 3. The first-order valence-electron chi connectivity index (χ1n) is 27.8. The molecule has 0 aromatic heterocycles. The second-order valence-corrected chi connectivity index (χ2v) is 22.8. The van der Waals surface area contributed by atoms with Crippen LogP contribution in [-0.2, 0) is 47.1 Å². The maximum absolute atomic E-state index is 12.9. The molecule has 0 heterocycles. The zero-order valence-electron chi connectivity index (χ0n) is 45.3. The first kappa shape index (κ1) is 70.9. The summed E-state index contributed by atoms with van der Waals surface area (Å²) in [6.45, 7) is 3.35. The van der Waals surface area contributed by atoms with Gasteiger partial charge in [0.25, 0.3) is 0 Å². The summed E-state index contributed by atoms with van der Waals surface area (Å²) in [5.41, 5.74) is 16.4. The molecule has 0 spiro atoms. The molecular weight excluding hydrogens is 1010 g/mol. The molecule has 0 radical (unpaired) electrons. The Balaban J connectivity index is 4.75. The van der Waals surface area contributed by atoms with E-state index in [2.05, 4.69) is 53.8 Å². The van der Waals surface area contributed by atoms with Crippen LogP contribution in [0, 0.1) is 0 Å². The Kier molecular flexibility index (Phi) is 48.5. The van der Waals surface area contributed by atoms with Crippen LogP contribution >= 0.6 is 29.4 Å². The first-order valence-corrected chi connectivity index (χ1v) is 31.8. The third kappa shape index (κ3) is 48.5. The van der Waals surface area contributed by atoms with Gasteiger partial charge in [-0.25, -0.2) is 9.36 Å². The molecule has 4 atom stereocenters. The molecule has 74 heavy (non-hydrogen) atoms. The highest BCUT2D eigenvalue weighted by Gasteiger charge is 2.27. The summed E-state index contributed by atoms with van der Waals surface area (Å²) < 4.78 is 33.9. The quantitative estimate of drug-likeness (QED) is 0.00566. The van der Waals surface area contributed by atoms with Crippen LogP contribution in [0.5, 0.6) is 0 Å². The second kappa shape index (κ2) is 50.7. The van der Waals surface area contributed by atoms with E-state index in [4.69, 9.17) is 35.7 Å². The Hall–Kier alpha value is -3.13. The van der Waals surface area contributed by atoms with Crippen molar-refractivity contribution in [1.29, 1.82) is 0 Å². The topological polar surface area (TPSA) is 294 Å². The van der Waals surface area contributed by atoms with E-state index < -0.39 is 56.4 Å². The number of hydrogen-bond donors (Lipinski definition) is 7. The van der Waals surface area contributed by atoms with E-state index in [1.807, 2.05) is 0 Å². The van der Waals surface area contributed by atoms with Crippen LogP contribution in [0.25, 0.3) is 0 Å². The average molecular weight is 1110 g/mol. The van der Waals surface area contributed by atoms with Gasteiger partial charge in [-0.15, -0.1) is 0 Å². The van der Waals surface area contributed by atoms with Crippen molar-refractivity contribution in [1.82, 2.24) is 10.6 Å². The van der Waals surface area contributed by atoms with Crippen molar-refractivity contribution < 1.29 is 57.1 Å². The molecule has 0 aromatic rings. The first-order chi connectivity index (χ1) is 35.7. The van der Waals surface area contributed by atoms with Gasteiger partial charge in [0.15, 0.2) is 12.1 Å². The SMILES string of the molecule is CCCCCCCC/C=C\CCCCCCCC(=O)OC[C@@H](COP(=O)(O)OCCNC(=O)CCSSCC(NC(=O)C(N)CCCN=C(N)N)C(=O)O)OC(=O)CCCCCCC/C=C\CCCCCCCC. The Morgan fingerprint density at radius 3 is 1.66 bits per heavy atom. The van der Waals surface area contributed by atoms with E-state index in [-0.39, 0.29) is 69.6 Å². The minimum Gasteiger partial charge on any atom is -0.480 e. The predicted octanol–water partition coefficient (Wildman–Crippen LogP) is 10.5. The highest BCUT2D eigenvalue weighted by molar-refractivity contribution is 8.76. The van der Waals surface area contributed by atoms with Crippen molar-refractivity contribution in [3.63, 3.8) is 0 Å². The normalized spacial score (nSPS) is 13.6. The van der Waals surface area contributed by atoms with Gasteiger partial charge in [0.05, 0.1) is 19.3 Å². The van der Waals surface area contributed by atoms with Crippen molar-refractivity contribution in [3.05, 3.63) is 24.3 Å². The van der Waals surface area contributed by atoms with Crippen molar-refractivity contribution in [2.75, 3.05) is 44.4 Å². The van der Waals surface area contributed by atoms with Gasteiger partial charge in [-0.05, 0) is 77.0 Å². The zero-order valence-corrected chi connectivity index (χ0v) is 47.9. The lowest BCUT2D eigenvalue weighted by atomic mass is 10.1. The number of nitrogens with zero attached hydrogens (tertiary/aromatic N) is 1. The van der Waals surface area contributed by atoms with E-state index in [0.29, 0.717) is 25.0 Å². The van der Waals surface area contributed by atoms with Crippen LogP contribution in [0.1, 0.15) is 213 Å². The molecule has 10 N–H and O–H groups in total. The van der Waals surface area contributed by atoms with Crippen molar-refractivity contribution >= 4 is 65.1 Å². The number of phosphoric ester groups is 1. The molecule has 3 unspecified atom stereocenters. The number of guanidine groups is 1. The van der Waals surface area contributed by atoms with E-state index in [9.17, 15) is 38.5 Å². The number of nitrogens with one attached hydrogen (secondary N) is 2. The van der Waals surface area contributed by atoms with Gasteiger partial charge in [-0.1, -0.05) is 162 Å². The standard InChI is InChI=1S/C53H99N6O12PS2/c1-3-5-7-9-11-13-15-17-19-21-23-25-27-29-31-35-49(61)68-42-45(71-50(62)36-32-30-28-26-24-22-20-18-16-14-12-10-8-6-4-2)43-70-72(66,67)69-40-39-57-48(60)37-41-73-74-44-47(52(64)65)59-51(63)46(54)34-33-38-58-53(55)56/h17-20,45-47H,3-16,21-44,54H2,1-2H3,(H,57,60)(H,59,63)(H,64,65)(H,66,67)(H4,55,56,58)/b19-17-,20-18-/t45-,46?,47?/m0/s1. The number of esters is 2. The summed E-state index contributed by atoms with van der Waals surface area (Å²) in [5.74, 6) is -2.96. The van der Waals surface area contributed by atoms with Gasteiger partial charge in [0, 0.05) is 43.9 Å². The summed E-state index contributed by atoms with van der Waals surface area (Å²) in [6, 6.07) is -2.13. The van der Waals surface area contributed by atoms with Gasteiger partial charge in [-0.2, -0.15) is 0 Å². The number of ether oxygens (including phenoxy) is 2. The molecule has 0 aliphatic carbocycles. The average Bonchev–Trinajstić information content (AvgIpc) is 3.36. The van der Waals surface area contributed by atoms with E-state index in [1.165, 1.54) is 87.8 Å². The molecule has 0 fully saturated rings. The highest BCUT2D eigenvalue weighted by Crippen LogP contribution is 2.43. The lowest BCUT2D eigenvalue weighted by molar-refractivity contribution is -0.161. The summed E-state index contributed by atoms with van der Waals surface area (Å²) in [6.07, 6.45) is 38.5. The maximum atomic E-state index is 12.9. The smallest absolute Gasteiger partial charge is 0.472 e. The predicted molar refractivity (Wildman–Crippen MR) is 301 cm³/mol. The fraction of sp³-hybridized carbons (Fsp3) is 0.811. The fourth-order valence-electron chi connectivity index (χ4n) is 7.37. The van der Waals surface area contributed by atoms with E-state index in [0.717, 1.165) is 87.8 Å². The fourth-order valence-corrected chi connectivity index (χ4v) is 10.3. The minimum absolute atomic E-state index is 0.0199. The summed E-state index contributed by atoms with van der Waals surface area (Å²) in [4.78, 5) is 76.1. The monoisotopic (exact) mass is 1110 g/mol. The second-order valence-electron chi connectivity index (χ2n) is 18.7. The number of phosphoric acid groups is 1. The van der Waals surface area contributed by atoms with Gasteiger partial charge in [0.2, 0.25) is 11.8 Å². The Morgan fingerprint density at radius 2 is 1.15 bits per heavy atom. The number of unbranched alkanes of at least 4 members (excludes halogenated alkanes) is 22. The van der Waals surface area contributed by atoms with Crippen LogP contribution in [0.15, 0.2) is 29.3 Å². The lowest BCUT2D eigenvalue weighted by Gasteiger charge is -2.20. The molecule has 0 aliphatic heterocycles. The maximum Gasteiger partial charge on any atom is 0.472 e. The molecule has 0 saturated heterocycles. The molecule has 21 heteroatoms. The van der Waals surface area contributed by atoms with Crippen molar-refractivity contribution in [2.45, 2.75) is 231 Å². The molecule has 0 aromatic carbocycles. The largest absolute Gasteiger partial charge is 0.480 e. The number of carboxylic acids is 1. The Morgan fingerprint density at radius 1 is 0.649 bits per heavy atom. The number of rotatable bonds is 53. The van der Waals surface area contributed by atoms with Gasteiger partial charge >= 0.3 is 25.7 Å². The Bertz CT molecular complexity index is 1590. The summed E-state index contributed by atoms with van der Waals surface area (Å²) in [7, 11) is -2.28. The third-order valence-electron chi connectivity index (χ3n) is 11.8. The lowest BCUT2D eigenvalue weighted by Crippen LogP contribution is -2.49. The van der Waals surface area contributed by atoms with Gasteiger partial charge in [-0.3, -0.25) is 33.2 Å². The van der Waals surface area contributed by atoms with Crippen LogP contribution in [0.4, 0.5) is 0 Å². The summed E-state index contributed by atoms with van der Waals surface area (Å²) in [5, 5.41) is 14.5. The molecule has 0 saturated carbocycles. The molecule has 430 valence electrons. The van der Waals surface area contributed by atoms with Gasteiger partial charge < -0.3 is 47.3 Å². The molecule has 0 rings (SSSR count). The number of carbonyl (C=O) groups excluding carboxylic acids is 4. The molecular formula is C53H99N6O12PS2. The Labute approximate surface area is 452 Å². The zero-order chi connectivity index (χ0) is 54.8. The number of aliphatic imine (C=N–C) groups is 1. The minimum atomic E-state index is -4.67. The highest BCUT2D eigenvalue weighted by atomic mass is 33.1. The van der Waals surface area contributed by atoms with Crippen LogP contribution in [0.2, 0.25) is 0 Å². The number of allylic oxidation sites excluding steroid dienone is 4. The summed E-state index contributed by atoms with van der Waals surface area (Å²) >= 11 is 0. The van der Waals surface area contributed by atoms with E-state index in [1.54, 1.807) is 0 Å². The van der Waals surface area contributed by atoms with E-state index >= 15 is 0 Å². The molecule has 2 amide bonds. The van der Waals surface area contributed by atoms with Crippen molar-refractivity contribution in [3.8, 4) is 0 Å². The number of carbonyl (C=O) groups is 5. The van der Waals surface area contributed by atoms with Crippen LogP contribution in [0.3, 0.4) is 0 Å². The number of hydrogen-bond acceptors (Lipinski definition) is 14. The number of amides is 2. The molecule has 0 bridgehead atoms. The van der Waals surface area contributed by atoms with Crippen molar-refractivity contribution in [2.24, 2.45) is 22.2 Å².